The predicted octanol–water partition coefficient (Wildman–Crippen LogP) is 1.20. The predicted molar refractivity (Wildman–Crippen MR) is 73.9 cm³/mol. The molecule has 1 aromatic heterocycles. The second-order valence-electron chi connectivity index (χ2n) is 4.59. The second kappa shape index (κ2) is 5.48. The fourth-order valence-electron chi connectivity index (χ4n) is 2.16. The van der Waals surface area contributed by atoms with Crippen LogP contribution in [-0.4, -0.2) is 36.9 Å². The molecule has 1 saturated heterocycles. The van der Waals surface area contributed by atoms with Crippen molar-refractivity contribution in [3.05, 3.63) is 17.0 Å². The zero-order chi connectivity index (χ0) is 14.0. The van der Waals surface area contributed by atoms with Crippen LogP contribution < -0.4 is 5.73 Å². The number of nitrogens with two attached hydrogens (primary N) is 1. The Kier molecular flexibility index (Phi) is 4.12. The highest BCUT2D eigenvalue weighted by Crippen LogP contribution is 2.28. The maximum absolute atomic E-state index is 12.5. The molecule has 0 spiro atoms. The molecule has 106 valence electrons. The van der Waals surface area contributed by atoms with E-state index in [-0.39, 0.29) is 18.3 Å². The molecule has 1 unspecified atom stereocenters. The lowest BCUT2D eigenvalue weighted by atomic mass is 9.99. The van der Waals surface area contributed by atoms with E-state index in [1.807, 2.05) is 6.92 Å². The van der Waals surface area contributed by atoms with Crippen molar-refractivity contribution in [1.82, 2.24) is 4.31 Å². The van der Waals surface area contributed by atoms with Gasteiger partial charge in [-0.15, -0.1) is 11.3 Å². The second-order valence-corrected chi connectivity index (χ2v) is 8.04. The molecule has 0 aliphatic carbocycles. The fourth-order valence-corrected chi connectivity index (χ4v) is 5.12. The Hall–Kier alpha value is -1.12. The van der Waals surface area contributed by atoms with Crippen molar-refractivity contribution in [1.29, 1.82) is 0 Å². The number of amidine groups is 1. The van der Waals surface area contributed by atoms with Crippen LogP contribution in [0.5, 0.6) is 0 Å². The Morgan fingerprint density at radius 3 is 2.89 bits per heavy atom. The van der Waals surface area contributed by atoms with Gasteiger partial charge in [0.25, 0.3) is 10.0 Å². The standard InChI is InChI=1S/C11H17N3O3S2/c1-8-4-5-10(18-8)19(16,17)14-6-2-3-9(7-14)11(12)13-15/h4-5,9,15H,2-3,6-7H2,1H3,(H2,12,13). The number of thiophene rings is 1. The number of nitrogens with zero attached hydrogens (tertiary/aromatic N) is 2. The summed E-state index contributed by atoms with van der Waals surface area (Å²) in [7, 11) is -3.46. The molecule has 1 aliphatic rings. The van der Waals surface area contributed by atoms with Gasteiger partial charge in [0.1, 0.15) is 10.0 Å². The Morgan fingerprint density at radius 1 is 1.58 bits per heavy atom. The molecule has 1 atom stereocenters. The summed E-state index contributed by atoms with van der Waals surface area (Å²) in [5.74, 6) is -0.114. The smallest absolute Gasteiger partial charge is 0.252 e. The molecule has 2 rings (SSSR count). The first kappa shape index (κ1) is 14.3. The number of piperidine rings is 1. The average molecular weight is 303 g/mol. The molecule has 1 aromatic rings. The van der Waals surface area contributed by atoms with Crippen LogP contribution in [0.3, 0.4) is 0 Å². The summed E-state index contributed by atoms with van der Waals surface area (Å²) in [5, 5.41) is 11.7. The van der Waals surface area contributed by atoms with Crippen LogP contribution in [0.1, 0.15) is 17.7 Å². The monoisotopic (exact) mass is 303 g/mol. The minimum atomic E-state index is -3.46. The van der Waals surface area contributed by atoms with E-state index in [4.69, 9.17) is 10.9 Å². The first-order chi connectivity index (χ1) is 8.95. The summed E-state index contributed by atoms with van der Waals surface area (Å²) in [5.41, 5.74) is 5.58. The Labute approximate surface area is 116 Å². The highest BCUT2D eigenvalue weighted by molar-refractivity contribution is 7.91. The first-order valence-electron chi connectivity index (χ1n) is 5.99. The molecular formula is C11H17N3O3S2. The van der Waals surface area contributed by atoms with Gasteiger partial charge >= 0.3 is 0 Å². The van der Waals surface area contributed by atoms with Crippen molar-refractivity contribution in [3.63, 3.8) is 0 Å². The topological polar surface area (TPSA) is 96.0 Å². The first-order valence-corrected chi connectivity index (χ1v) is 8.25. The van der Waals surface area contributed by atoms with E-state index in [0.717, 1.165) is 11.3 Å². The number of rotatable bonds is 3. The molecule has 0 bridgehead atoms. The molecule has 19 heavy (non-hydrogen) atoms. The number of hydrogen-bond donors (Lipinski definition) is 2. The Bertz CT molecular complexity index is 580. The molecule has 2 heterocycles. The van der Waals surface area contributed by atoms with E-state index in [1.54, 1.807) is 12.1 Å². The minimum absolute atomic E-state index is 0.0993. The molecule has 0 radical (unpaired) electrons. The van der Waals surface area contributed by atoms with Crippen molar-refractivity contribution in [2.24, 2.45) is 16.8 Å². The van der Waals surface area contributed by atoms with Gasteiger partial charge in [-0.3, -0.25) is 0 Å². The fraction of sp³-hybridized carbons (Fsp3) is 0.545. The van der Waals surface area contributed by atoms with Crippen LogP contribution in [0.4, 0.5) is 0 Å². The van der Waals surface area contributed by atoms with E-state index in [1.165, 1.54) is 15.6 Å². The Morgan fingerprint density at radius 2 is 2.32 bits per heavy atom. The summed E-state index contributed by atoms with van der Waals surface area (Å²) in [4.78, 5) is 0.962. The maximum atomic E-state index is 12.5. The van der Waals surface area contributed by atoms with E-state index in [2.05, 4.69) is 5.16 Å². The van der Waals surface area contributed by atoms with Gasteiger partial charge in [-0.25, -0.2) is 8.42 Å². The third kappa shape index (κ3) is 2.90. The number of oxime groups is 1. The summed E-state index contributed by atoms with van der Waals surface area (Å²) in [6, 6.07) is 3.42. The van der Waals surface area contributed by atoms with Gasteiger partial charge in [-0.1, -0.05) is 5.16 Å². The molecule has 1 aliphatic heterocycles. The normalized spacial score (nSPS) is 22.6. The van der Waals surface area contributed by atoms with E-state index in [9.17, 15) is 8.42 Å². The quantitative estimate of drug-likeness (QED) is 0.379. The molecule has 8 heteroatoms. The molecule has 0 aromatic carbocycles. The SMILES string of the molecule is Cc1ccc(S(=O)(=O)N2CCCC(C(N)=NO)C2)s1. The highest BCUT2D eigenvalue weighted by Gasteiger charge is 2.32. The molecule has 0 amide bonds. The van der Waals surface area contributed by atoms with E-state index in [0.29, 0.717) is 17.2 Å². The Balaban J connectivity index is 2.21. The van der Waals surface area contributed by atoms with Crippen LogP contribution in [0.15, 0.2) is 21.5 Å². The van der Waals surface area contributed by atoms with Gasteiger partial charge in [0, 0.05) is 23.9 Å². The van der Waals surface area contributed by atoms with Crippen LogP contribution in [-0.2, 0) is 10.0 Å². The lowest BCUT2D eigenvalue weighted by Gasteiger charge is -2.30. The summed E-state index contributed by atoms with van der Waals surface area (Å²) in [6.45, 7) is 2.63. The third-order valence-electron chi connectivity index (χ3n) is 3.23. The van der Waals surface area contributed by atoms with Gasteiger partial charge in [0.05, 0.1) is 0 Å². The number of sulfonamides is 1. The van der Waals surface area contributed by atoms with Gasteiger partial charge in [-0.05, 0) is 31.9 Å². The zero-order valence-electron chi connectivity index (χ0n) is 10.6. The van der Waals surface area contributed by atoms with Gasteiger partial charge in [-0.2, -0.15) is 4.31 Å². The largest absolute Gasteiger partial charge is 0.409 e. The average Bonchev–Trinajstić information content (AvgIpc) is 2.85. The van der Waals surface area contributed by atoms with Crippen LogP contribution in [0.2, 0.25) is 0 Å². The number of aryl methyl sites for hydroxylation is 1. The van der Waals surface area contributed by atoms with Crippen molar-refractivity contribution >= 4 is 27.2 Å². The molecule has 3 N–H and O–H groups in total. The molecule has 0 saturated carbocycles. The van der Waals surface area contributed by atoms with Crippen molar-refractivity contribution in [2.45, 2.75) is 24.0 Å². The van der Waals surface area contributed by atoms with E-state index < -0.39 is 10.0 Å². The molecular weight excluding hydrogens is 286 g/mol. The summed E-state index contributed by atoms with van der Waals surface area (Å²) >= 11 is 1.26. The van der Waals surface area contributed by atoms with Gasteiger partial charge < -0.3 is 10.9 Å². The summed E-state index contributed by atoms with van der Waals surface area (Å²) < 4.78 is 26.7. The number of hydrogen-bond acceptors (Lipinski definition) is 5. The van der Waals surface area contributed by atoms with Crippen LogP contribution >= 0.6 is 11.3 Å². The lowest BCUT2D eigenvalue weighted by molar-refractivity contribution is 0.287. The van der Waals surface area contributed by atoms with Crippen LogP contribution in [0.25, 0.3) is 0 Å². The maximum Gasteiger partial charge on any atom is 0.252 e. The van der Waals surface area contributed by atoms with Crippen molar-refractivity contribution in [3.8, 4) is 0 Å². The molecule has 6 nitrogen and oxygen atoms in total. The van der Waals surface area contributed by atoms with Crippen molar-refractivity contribution < 1.29 is 13.6 Å². The molecule has 1 fully saturated rings. The minimum Gasteiger partial charge on any atom is -0.409 e. The third-order valence-corrected chi connectivity index (χ3v) is 6.56. The highest BCUT2D eigenvalue weighted by atomic mass is 32.2. The summed E-state index contributed by atoms with van der Waals surface area (Å²) in [6.07, 6.45) is 1.45. The van der Waals surface area contributed by atoms with Gasteiger partial charge in [0.15, 0.2) is 0 Å². The van der Waals surface area contributed by atoms with Gasteiger partial charge in [0.2, 0.25) is 0 Å². The zero-order valence-corrected chi connectivity index (χ0v) is 12.2. The van der Waals surface area contributed by atoms with Crippen LogP contribution in [0, 0.1) is 12.8 Å². The van der Waals surface area contributed by atoms with E-state index >= 15 is 0 Å². The lowest BCUT2D eigenvalue weighted by Crippen LogP contribution is -2.43. The van der Waals surface area contributed by atoms with Crippen molar-refractivity contribution in [2.75, 3.05) is 13.1 Å².